The molecular weight excluding hydrogens is 178 g/mol. The average Bonchev–Trinajstić information content (AvgIpc) is 2.21. The number of nitrogens with zero attached hydrogens (tertiary/aromatic N) is 1. The van der Waals surface area contributed by atoms with Crippen molar-refractivity contribution in [3.63, 3.8) is 0 Å². The van der Waals surface area contributed by atoms with Gasteiger partial charge in [0.05, 0.1) is 0 Å². The number of rotatable bonds is 5. The normalized spacial score (nSPS) is 12.8. The predicted molar refractivity (Wildman–Crippen MR) is 54.0 cm³/mol. The third-order valence-corrected chi connectivity index (χ3v) is 2.04. The average molecular weight is 193 g/mol. The van der Waals surface area contributed by atoms with Gasteiger partial charge in [-0.2, -0.15) is 5.06 Å². The lowest BCUT2D eigenvalue weighted by Crippen LogP contribution is -2.27. The van der Waals surface area contributed by atoms with Crippen molar-refractivity contribution < 1.29 is 10.0 Å². The molecule has 1 atom stereocenters. The van der Waals surface area contributed by atoms with Crippen molar-refractivity contribution in [1.29, 1.82) is 0 Å². The number of aldehydes is 1. The summed E-state index contributed by atoms with van der Waals surface area (Å²) in [7, 11) is 0. The lowest BCUT2D eigenvalue weighted by Gasteiger charge is -2.20. The SMILES string of the molecule is CCCN(O)C(C=O)c1ccccc1. The van der Waals surface area contributed by atoms with Crippen molar-refractivity contribution in [1.82, 2.24) is 5.06 Å². The maximum absolute atomic E-state index is 10.8. The lowest BCUT2D eigenvalue weighted by atomic mass is 10.1. The summed E-state index contributed by atoms with van der Waals surface area (Å²) in [5.74, 6) is 0. The number of carbonyl (C=O) groups excluding carboxylic acids is 1. The molecule has 76 valence electrons. The number of hydrogen-bond acceptors (Lipinski definition) is 3. The van der Waals surface area contributed by atoms with Gasteiger partial charge in [-0.3, -0.25) is 0 Å². The van der Waals surface area contributed by atoms with Crippen LogP contribution in [0.1, 0.15) is 24.9 Å². The van der Waals surface area contributed by atoms with Gasteiger partial charge >= 0.3 is 0 Å². The highest BCUT2D eigenvalue weighted by Gasteiger charge is 2.16. The predicted octanol–water partition coefficient (Wildman–Crippen LogP) is 2.03. The van der Waals surface area contributed by atoms with Crippen molar-refractivity contribution in [3.05, 3.63) is 35.9 Å². The Labute approximate surface area is 83.9 Å². The van der Waals surface area contributed by atoms with Gasteiger partial charge in [0.1, 0.15) is 12.3 Å². The van der Waals surface area contributed by atoms with E-state index in [1.54, 1.807) is 0 Å². The van der Waals surface area contributed by atoms with Gasteiger partial charge in [-0.05, 0) is 12.0 Å². The van der Waals surface area contributed by atoms with E-state index in [2.05, 4.69) is 0 Å². The Bertz CT molecular complexity index is 274. The van der Waals surface area contributed by atoms with Gasteiger partial charge in [-0.25, -0.2) is 0 Å². The van der Waals surface area contributed by atoms with Crippen LogP contribution in [0.25, 0.3) is 0 Å². The zero-order valence-electron chi connectivity index (χ0n) is 8.26. The Morgan fingerprint density at radius 3 is 2.57 bits per heavy atom. The topological polar surface area (TPSA) is 40.5 Å². The van der Waals surface area contributed by atoms with Crippen LogP contribution in [0.15, 0.2) is 30.3 Å². The molecule has 1 unspecified atom stereocenters. The molecule has 0 spiro atoms. The smallest absolute Gasteiger partial charge is 0.143 e. The van der Waals surface area contributed by atoms with Crippen LogP contribution in [0.5, 0.6) is 0 Å². The summed E-state index contributed by atoms with van der Waals surface area (Å²) in [4.78, 5) is 10.8. The molecule has 0 saturated carbocycles. The minimum absolute atomic E-state index is 0.498. The highest BCUT2D eigenvalue weighted by Crippen LogP contribution is 2.16. The molecule has 0 amide bonds. The first kappa shape index (κ1) is 10.9. The summed E-state index contributed by atoms with van der Waals surface area (Å²) in [6.07, 6.45) is 1.57. The molecule has 0 aliphatic heterocycles. The molecule has 14 heavy (non-hydrogen) atoms. The zero-order chi connectivity index (χ0) is 10.4. The quantitative estimate of drug-likeness (QED) is 0.574. The largest absolute Gasteiger partial charge is 0.313 e. The van der Waals surface area contributed by atoms with E-state index < -0.39 is 6.04 Å². The highest BCUT2D eigenvalue weighted by molar-refractivity contribution is 5.61. The molecule has 0 saturated heterocycles. The van der Waals surface area contributed by atoms with Crippen molar-refractivity contribution in [2.24, 2.45) is 0 Å². The summed E-state index contributed by atoms with van der Waals surface area (Å²) in [5, 5.41) is 10.6. The third-order valence-electron chi connectivity index (χ3n) is 2.04. The molecule has 3 heteroatoms. The van der Waals surface area contributed by atoms with Gasteiger partial charge in [0.2, 0.25) is 0 Å². The Balaban J connectivity index is 2.76. The van der Waals surface area contributed by atoms with Crippen molar-refractivity contribution in [2.45, 2.75) is 19.4 Å². The van der Waals surface area contributed by atoms with Crippen LogP contribution in [0.4, 0.5) is 0 Å². The van der Waals surface area contributed by atoms with Gasteiger partial charge in [0.15, 0.2) is 0 Å². The van der Waals surface area contributed by atoms with Crippen LogP contribution >= 0.6 is 0 Å². The Morgan fingerprint density at radius 1 is 1.43 bits per heavy atom. The molecule has 0 aromatic heterocycles. The maximum atomic E-state index is 10.8. The standard InChI is InChI=1S/C11H15NO2/c1-2-8-12(14)11(9-13)10-6-4-3-5-7-10/h3-7,9,11,14H,2,8H2,1H3. The van der Waals surface area contributed by atoms with E-state index >= 15 is 0 Å². The number of hydroxylamine groups is 2. The van der Waals surface area contributed by atoms with E-state index in [-0.39, 0.29) is 0 Å². The molecule has 0 aliphatic rings. The van der Waals surface area contributed by atoms with E-state index in [9.17, 15) is 10.0 Å². The molecule has 1 aromatic carbocycles. The first-order chi connectivity index (χ1) is 6.79. The second-order valence-electron chi connectivity index (χ2n) is 3.15. The molecular formula is C11H15NO2. The highest BCUT2D eigenvalue weighted by atomic mass is 16.5. The van der Waals surface area contributed by atoms with E-state index in [1.165, 1.54) is 0 Å². The first-order valence-corrected chi connectivity index (χ1v) is 4.75. The second kappa shape index (κ2) is 5.52. The fraction of sp³-hybridized carbons (Fsp3) is 0.364. The summed E-state index contributed by atoms with van der Waals surface area (Å²) in [5.41, 5.74) is 0.818. The fourth-order valence-electron chi connectivity index (χ4n) is 1.34. The van der Waals surface area contributed by atoms with Crippen LogP contribution < -0.4 is 0 Å². The summed E-state index contributed by atoms with van der Waals surface area (Å²) in [6.45, 7) is 2.45. The van der Waals surface area contributed by atoms with Crippen LogP contribution in [0.2, 0.25) is 0 Å². The van der Waals surface area contributed by atoms with E-state index in [1.807, 2.05) is 37.3 Å². The third kappa shape index (κ3) is 2.65. The molecule has 0 bridgehead atoms. The lowest BCUT2D eigenvalue weighted by molar-refractivity contribution is -0.144. The van der Waals surface area contributed by atoms with Crippen LogP contribution in [0.3, 0.4) is 0 Å². The van der Waals surface area contributed by atoms with Crippen LogP contribution in [-0.2, 0) is 4.79 Å². The maximum Gasteiger partial charge on any atom is 0.143 e. The number of benzene rings is 1. The molecule has 0 aliphatic carbocycles. The van der Waals surface area contributed by atoms with E-state index in [0.717, 1.165) is 23.3 Å². The molecule has 1 N–H and O–H groups in total. The monoisotopic (exact) mass is 193 g/mol. The van der Waals surface area contributed by atoms with Crippen LogP contribution in [0, 0.1) is 0 Å². The molecule has 0 fully saturated rings. The molecule has 1 rings (SSSR count). The molecule has 1 aromatic rings. The minimum atomic E-state index is -0.545. The van der Waals surface area contributed by atoms with Gasteiger partial charge in [0, 0.05) is 6.54 Å². The summed E-state index contributed by atoms with van der Waals surface area (Å²) in [6, 6.07) is 8.70. The minimum Gasteiger partial charge on any atom is -0.313 e. The number of carbonyl (C=O) groups is 1. The number of hydrogen-bond donors (Lipinski definition) is 1. The van der Waals surface area contributed by atoms with Crippen LogP contribution in [-0.4, -0.2) is 23.1 Å². The molecule has 3 nitrogen and oxygen atoms in total. The van der Waals surface area contributed by atoms with Gasteiger partial charge < -0.3 is 10.0 Å². The van der Waals surface area contributed by atoms with Crippen molar-refractivity contribution in [3.8, 4) is 0 Å². The van der Waals surface area contributed by atoms with E-state index in [4.69, 9.17) is 0 Å². The Kier molecular flexibility index (Phi) is 4.29. The first-order valence-electron chi connectivity index (χ1n) is 4.75. The molecule has 0 radical (unpaired) electrons. The van der Waals surface area contributed by atoms with Crippen molar-refractivity contribution >= 4 is 6.29 Å². The fourth-order valence-corrected chi connectivity index (χ4v) is 1.34. The Morgan fingerprint density at radius 2 is 2.07 bits per heavy atom. The molecule has 0 heterocycles. The Hall–Kier alpha value is -1.19. The zero-order valence-corrected chi connectivity index (χ0v) is 8.26. The van der Waals surface area contributed by atoms with E-state index in [0.29, 0.717) is 6.54 Å². The van der Waals surface area contributed by atoms with Crippen molar-refractivity contribution in [2.75, 3.05) is 6.54 Å². The summed E-state index contributed by atoms with van der Waals surface area (Å²) >= 11 is 0. The van der Waals surface area contributed by atoms with Gasteiger partial charge in [-0.15, -0.1) is 0 Å². The van der Waals surface area contributed by atoms with Gasteiger partial charge in [0.25, 0.3) is 0 Å². The second-order valence-corrected chi connectivity index (χ2v) is 3.15. The van der Waals surface area contributed by atoms with Gasteiger partial charge in [-0.1, -0.05) is 37.3 Å². The summed E-state index contributed by atoms with van der Waals surface area (Å²) < 4.78 is 0.